The molecule has 0 aliphatic carbocycles. The van der Waals surface area contributed by atoms with Crippen LogP contribution in [0.5, 0.6) is 0 Å². The summed E-state index contributed by atoms with van der Waals surface area (Å²) < 4.78 is 67.1. The number of hydrogen-bond donors (Lipinski definition) is 3. The zero-order chi connectivity index (χ0) is 29.5. The molecule has 7 nitrogen and oxygen atoms in total. The molecular weight excluding hydrogens is 545 g/mol. The Hall–Kier alpha value is -3.96. The second-order valence-electron chi connectivity index (χ2n) is 9.21. The molecule has 1 atom stereocenters. The minimum atomic E-state index is -4.76. The van der Waals surface area contributed by atoms with E-state index in [0.29, 0.717) is 23.2 Å². The fraction of sp³-hybridized carbons (Fsp3) is 0.241. The van der Waals surface area contributed by atoms with Gasteiger partial charge in [0, 0.05) is 11.3 Å². The Morgan fingerprint density at radius 1 is 0.975 bits per heavy atom. The van der Waals surface area contributed by atoms with Crippen LogP contribution in [0, 0.1) is 0 Å². The highest BCUT2D eigenvalue weighted by molar-refractivity contribution is 7.88. The van der Waals surface area contributed by atoms with Crippen LogP contribution >= 0.6 is 0 Å². The summed E-state index contributed by atoms with van der Waals surface area (Å²) in [5.41, 5.74) is 1.52. The predicted octanol–water partition coefficient (Wildman–Crippen LogP) is 5.78. The van der Waals surface area contributed by atoms with E-state index in [1.54, 1.807) is 42.5 Å². The number of carbonyl (C=O) groups is 2. The largest absolute Gasteiger partial charge is 0.480 e. The van der Waals surface area contributed by atoms with Gasteiger partial charge >= 0.3 is 12.1 Å². The van der Waals surface area contributed by atoms with Gasteiger partial charge < -0.3 is 10.4 Å². The van der Waals surface area contributed by atoms with Crippen molar-refractivity contribution in [3.05, 3.63) is 102 Å². The van der Waals surface area contributed by atoms with Crippen LogP contribution in [-0.4, -0.2) is 31.4 Å². The third-order valence-corrected chi connectivity index (χ3v) is 7.34. The first-order chi connectivity index (χ1) is 18.8. The molecule has 0 heterocycles. The average Bonchev–Trinajstić information content (AvgIpc) is 2.88. The fourth-order valence-corrected chi connectivity index (χ4v) is 5.41. The molecule has 3 aromatic rings. The molecule has 3 aromatic carbocycles. The highest BCUT2D eigenvalue weighted by atomic mass is 32.2. The number of carboxylic acid groups (broad SMARTS) is 1. The van der Waals surface area contributed by atoms with Crippen molar-refractivity contribution >= 4 is 27.6 Å². The number of carbonyl (C=O) groups excluding carboxylic acids is 1. The molecule has 0 unspecified atom stereocenters. The number of benzene rings is 3. The molecule has 0 aliphatic heterocycles. The van der Waals surface area contributed by atoms with Crippen molar-refractivity contribution in [1.82, 2.24) is 4.72 Å². The smallest absolute Gasteiger partial charge is 0.416 e. The van der Waals surface area contributed by atoms with Crippen molar-refractivity contribution < 1.29 is 36.3 Å². The Balaban J connectivity index is 1.72. The SMILES string of the molecule is C=C(CCC)C(=O)Nc1cccc(-c2ccc(C[C@H](NS(=O)(=O)Cc3ccccc3C(F)(F)F)C(=O)O)cc2)c1. The molecule has 0 aliphatic rings. The summed E-state index contributed by atoms with van der Waals surface area (Å²) in [6.07, 6.45) is -3.60. The molecule has 1 amide bonds. The summed E-state index contributed by atoms with van der Waals surface area (Å²) >= 11 is 0. The van der Waals surface area contributed by atoms with Crippen LogP contribution in [0.3, 0.4) is 0 Å². The van der Waals surface area contributed by atoms with Crippen LogP contribution in [0.15, 0.2) is 84.9 Å². The number of amides is 1. The highest BCUT2D eigenvalue weighted by Gasteiger charge is 2.34. The van der Waals surface area contributed by atoms with Crippen LogP contribution in [0.4, 0.5) is 18.9 Å². The summed E-state index contributed by atoms with van der Waals surface area (Å²) in [6, 6.07) is 16.5. The van der Waals surface area contributed by atoms with Crippen molar-refractivity contribution in [3.8, 4) is 11.1 Å². The number of sulfonamides is 1. The van der Waals surface area contributed by atoms with Crippen molar-refractivity contribution in [3.63, 3.8) is 0 Å². The van der Waals surface area contributed by atoms with E-state index in [1.807, 2.05) is 17.7 Å². The van der Waals surface area contributed by atoms with E-state index in [1.165, 1.54) is 6.07 Å². The second-order valence-corrected chi connectivity index (χ2v) is 11.0. The lowest BCUT2D eigenvalue weighted by atomic mass is 10.0. The van der Waals surface area contributed by atoms with Crippen LogP contribution in [0.25, 0.3) is 11.1 Å². The maximum Gasteiger partial charge on any atom is 0.416 e. The number of aliphatic carboxylic acids is 1. The maximum atomic E-state index is 13.3. The lowest BCUT2D eigenvalue weighted by Gasteiger charge is -2.17. The molecule has 0 fully saturated rings. The van der Waals surface area contributed by atoms with Gasteiger partial charge in [0.1, 0.15) is 6.04 Å². The van der Waals surface area contributed by atoms with E-state index in [-0.39, 0.29) is 12.3 Å². The Kier molecular flexibility index (Phi) is 9.88. The van der Waals surface area contributed by atoms with Crippen LogP contribution in [-0.2, 0) is 38.0 Å². The predicted molar refractivity (Wildman–Crippen MR) is 147 cm³/mol. The lowest BCUT2D eigenvalue weighted by Crippen LogP contribution is -2.42. The van der Waals surface area contributed by atoms with Gasteiger partial charge in [0.15, 0.2) is 0 Å². The third-order valence-electron chi connectivity index (χ3n) is 6.01. The Labute approximate surface area is 230 Å². The van der Waals surface area contributed by atoms with E-state index in [9.17, 15) is 36.3 Å². The number of alkyl halides is 3. The molecule has 0 saturated heterocycles. The first kappa shape index (κ1) is 30.6. The number of halogens is 3. The first-order valence-corrected chi connectivity index (χ1v) is 14.0. The van der Waals surface area contributed by atoms with E-state index in [4.69, 9.17) is 0 Å². The highest BCUT2D eigenvalue weighted by Crippen LogP contribution is 2.32. The van der Waals surface area contributed by atoms with Gasteiger partial charge in [-0.05, 0) is 53.3 Å². The Morgan fingerprint density at radius 3 is 2.27 bits per heavy atom. The number of hydrogen-bond acceptors (Lipinski definition) is 4. The Bertz CT molecular complexity index is 1490. The van der Waals surface area contributed by atoms with Gasteiger partial charge in [0.05, 0.1) is 11.3 Å². The van der Waals surface area contributed by atoms with Gasteiger partial charge in [0.2, 0.25) is 10.0 Å². The van der Waals surface area contributed by atoms with Crippen molar-refractivity contribution in [1.29, 1.82) is 0 Å². The molecule has 3 rings (SSSR count). The standard InChI is InChI=1S/C29H29F3N2O5S/c1-3-7-19(2)27(35)33-24-10-6-9-22(17-24)21-14-12-20(13-15-21)16-26(28(36)37)34-40(38,39)18-23-8-4-5-11-25(23)29(30,31)32/h4-6,8-15,17,26,34H,2-3,7,16,18H2,1H3,(H,33,35)(H,36,37)/t26-/m0/s1. The summed E-state index contributed by atoms with van der Waals surface area (Å²) in [5.74, 6) is -2.76. The van der Waals surface area contributed by atoms with Crippen LogP contribution in [0.2, 0.25) is 0 Å². The molecule has 0 spiro atoms. The topological polar surface area (TPSA) is 113 Å². The van der Waals surface area contributed by atoms with Crippen molar-refractivity contribution in [2.24, 2.45) is 0 Å². The van der Waals surface area contributed by atoms with Gasteiger partial charge in [0.25, 0.3) is 5.91 Å². The van der Waals surface area contributed by atoms with Crippen LogP contribution in [0.1, 0.15) is 36.5 Å². The molecule has 0 saturated carbocycles. The van der Waals surface area contributed by atoms with E-state index < -0.39 is 45.1 Å². The molecule has 3 N–H and O–H groups in total. The number of anilines is 1. The maximum absolute atomic E-state index is 13.3. The molecular formula is C29H29F3N2O5S. The van der Waals surface area contributed by atoms with Crippen molar-refractivity contribution in [2.45, 2.75) is 44.2 Å². The number of nitrogens with one attached hydrogen (secondary N) is 2. The summed E-state index contributed by atoms with van der Waals surface area (Å²) in [6.45, 7) is 5.73. The third kappa shape index (κ3) is 8.52. The summed E-state index contributed by atoms with van der Waals surface area (Å²) in [4.78, 5) is 24.1. The average molecular weight is 575 g/mol. The minimum absolute atomic E-state index is 0.231. The zero-order valence-corrected chi connectivity index (χ0v) is 22.5. The fourth-order valence-electron chi connectivity index (χ4n) is 4.05. The van der Waals surface area contributed by atoms with Gasteiger partial charge in [-0.1, -0.05) is 74.5 Å². The van der Waals surface area contributed by atoms with E-state index in [0.717, 1.165) is 35.7 Å². The summed E-state index contributed by atoms with van der Waals surface area (Å²) in [5, 5.41) is 12.4. The summed E-state index contributed by atoms with van der Waals surface area (Å²) in [7, 11) is -4.43. The minimum Gasteiger partial charge on any atom is -0.480 e. The van der Waals surface area contributed by atoms with Gasteiger partial charge in [-0.15, -0.1) is 0 Å². The normalized spacial score (nSPS) is 12.5. The van der Waals surface area contributed by atoms with Gasteiger partial charge in [-0.2, -0.15) is 13.2 Å². The van der Waals surface area contributed by atoms with E-state index >= 15 is 0 Å². The monoisotopic (exact) mass is 574 g/mol. The van der Waals surface area contributed by atoms with Crippen LogP contribution < -0.4 is 10.0 Å². The number of rotatable bonds is 12. The molecule has 0 bridgehead atoms. The zero-order valence-electron chi connectivity index (χ0n) is 21.7. The first-order valence-electron chi connectivity index (χ1n) is 12.4. The van der Waals surface area contributed by atoms with Gasteiger partial charge in [-0.25, -0.2) is 13.1 Å². The number of carboxylic acids is 1. The molecule has 11 heteroatoms. The molecule has 212 valence electrons. The lowest BCUT2D eigenvalue weighted by molar-refractivity contribution is -0.139. The quantitative estimate of drug-likeness (QED) is 0.237. The van der Waals surface area contributed by atoms with Crippen molar-refractivity contribution in [2.75, 3.05) is 5.32 Å². The van der Waals surface area contributed by atoms with Gasteiger partial charge in [-0.3, -0.25) is 9.59 Å². The molecule has 0 radical (unpaired) electrons. The molecule has 0 aromatic heterocycles. The Morgan fingerprint density at radius 2 is 1.65 bits per heavy atom. The molecule has 40 heavy (non-hydrogen) atoms. The second kappa shape index (κ2) is 12.9. The van der Waals surface area contributed by atoms with E-state index in [2.05, 4.69) is 11.9 Å².